The van der Waals surface area contributed by atoms with E-state index in [1.54, 1.807) is 0 Å². The van der Waals surface area contributed by atoms with Gasteiger partial charge < -0.3 is 14.4 Å². The zero-order valence-electron chi connectivity index (χ0n) is 30.0. The van der Waals surface area contributed by atoms with Crippen molar-refractivity contribution in [3.63, 3.8) is 0 Å². The molecule has 0 unspecified atom stereocenters. The van der Waals surface area contributed by atoms with Gasteiger partial charge in [-0.3, -0.25) is 28.3 Å². The van der Waals surface area contributed by atoms with E-state index in [1.165, 1.54) is 9.13 Å². The van der Waals surface area contributed by atoms with Crippen molar-refractivity contribution in [2.24, 2.45) is 0 Å². The molecule has 56 heavy (non-hydrogen) atoms. The zero-order chi connectivity index (χ0) is 39.4. The first-order valence-electron chi connectivity index (χ1n) is 17.7. The Morgan fingerprint density at radius 2 is 0.929 bits per heavy atom. The number of hydrogen-bond acceptors (Lipinski definition) is 9. The Morgan fingerprint density at radius 1 is 0.536 bits per heavy atom. The summed E-state index contributed by atoms with van der Waals surface area (Å²) in [7, 11) is 0. The van der Waals surface area contributed by atoms with E-state index in [2.05, 4.69) is 57.8 Å². The van der Waals surface area contributed by atoms with Gasteiger partial charge in [0.1, 0.15) is 35.5 Å². The normalized spacial score (nSPS) is 12.1. The van der Waals surface area contributed by atoms with E-state index in [-0.39, 0.29) is 36.5 Å². The fraction of sp³-hybridized carbons (Fsp3) is 0.190. The summed E-state index contributed by atoms with van der Waals surface area (Å²) in [5.41, 5.74) is 3.77. The van der Waals surface area contributed by atoms with Gasteiger partial charge in [0.25, 0.3) is 11.1 Å². The number of benzene rings is 4. The first-order valence-corrected chi connectivity index (χ1v) is 20.1. The molecule has 3 heterocycles. The summed E-state index contributed by atoms with van der Waals surface area (Å²) >= 11 is 10.1. The van der Waals surface area contributed by atoms with Crippen LogP contribution in [0.15, 0.2) is 145 Å². The Morgan fingerprint density at radius 3 is 1.38 bits per heavy atom. The molecule has 0 bridgehead atoms. The van der Waals surface area contributed by atoms with Gasteiger partial charge in [0, 0.05) is 24.2 Å². The summed E-state index contributed by atoms with van der Waals surface area (Å²) < 4.78 is 14.7. The van der Waals surface area contributed by atoms with Gasteiger partial charge in [0.2, 0.25) is 0 Å². The van der Waals surface area contributed by atoms with Gasteiger partial charge in [-0.15, -0.1) is 0 Å². The van der Waals surface area contributed by atoms with Crippen LogP contribution in [0.5, 0.6) is 0 Å². The second-order valence-electron chi connectivity index (χ2n) is 12.6. The summed E-state index contributed by atoms with van der Waals surface area (Å²) in [5.74, 6) is -0.600. The first-order chi connectivity index (χ1) is 27.2. The third kappa shape index (κ3) is 10.4. The van der Waals surface area contributed by atoms with Crippen LogP contribution in [0.1, 0.15) is 24.0 Å². The van der Waals surface area contributed by atoms with E-state index in [0.29, 0.717) is 26.4 Å². The van der Waals surface area contributed by atoms with Gasteiger partial charge in [0.05, 0.1) is 11.4 Å². The summed E-state index contributed by atoms with van der Waals surface area (Å²) in [6, 6.07) is 37.6. The van der Waals surface area contributed by atoms with Gasteiger partial charge in [0.15, 0.2) is 10.4 Å². The van der Waals surface area contributed by atoms with Crippen LogP contribution in [0.4, 0.5) is 5.82 Å². The van der Waals surface area contributed by atoms with Crippen molar-refractivity contribution in [3.05, 3.63) is 167 Å². The maximum absolute atomic E-state index is 13.3. The number of aromatic nitrogens is 4. The van der Waals surface area contributed by atoms with Gasteiger partial charge in [-0.25, -0.2) is 9.97 Å². The number of esters is 2. The predicted molar refractivity (Wildman–Crippen MR) is 225 cm³/mol. The molecule has 0 spiro atoms. The van der Waals surface area contributed by atoms with Crippen molar-refractivity contribution in [2.75, 3.05) is 18.0 Å². The van der Waals surface area contributed by atoms with Gasteiger partial charge in [-0.1, -0.05) is 121 Å². The number of carbonyl (C=O) groups excluding carboxylic acids is 2. The molecular weight excluding hydrogens is 910 g/mol. The lowest BCUT2D eigenvalue weighted by molar-refractivity contribution is -0.146. The van der Waals surface area contributed by atoms with Crippen LogP contribution in [0.25, 0.3) is 22.5 Å². The highest BCUT2D eigenvalue weighted by Gasteiger charge is 2.24. The quantitative estimate of drug-likeness (QED) is 0.118. The fourth-order valence-corrected chi connectivity index (χ4v) is 7.90. The minimum atomic E-state index is -0.502. The first kappa shape index (κ1) is 40.5. The molecule has 0 N–H and O–H groups in total. The Hall–Kier alpha value is -5.18. The minimum absolute atomic E-state index is 0.125. The third-order valence-electron chi connectivity index (χ3n) is 8.75. The second-order valence-corrected chi connectivity index (χ2v) is 14.9. The molecule has 1 fully saturated rings. The maximum Gasteiger partial charge on any atom is 0.326 e. The average molecular weight is 946 g/mol. The lowest BCUT2D eigenvalue weighted by Crippen LogP contribution is -2.34. The van der Waals surface area contributed by atoms with E-state index in [0.717, 1.165) is 48.2 Å². The molecule has 6 aromatic rings. The Balaban J connectivity index is 0.000000192. The van der Waals surface area contributed by atoms with Crippen LogP contribution < -0.4 is 16.0 Å². The number of nitrogens with zero attached hydrogens (tertiary/aromatic N) is 5. The summed E-state index contributed by atoms with van der Waals surface area (Å²) in [4.78, 5) is 61.5. The molecule has 14 heteroatoms. The van der Waals surface area contributed by atoms with Crippen molar-refractivity contribution >= 4 is 65.5 Å². The molecule has 0 aliphatic carbocycles. The van der Waals surface area contributed by atoms with Gasteiger partial charge in [-0.05, 0) is 71.8 Å². The number of ether oxygens (including phenoxy) is 2. The third-order valence-corrected chi connectivity index (χ3v) is 10.4. The molecule has 1 aliphatic rings. The van der Waals surface area contributed by atoms with E-state index in [9.17, 15) is 19.2 Å². The summed E-state index contributed by atoms with van der Waals surface area (Å²) in [6.07, 6.45) is 2.05. The molecular formula is C42H36Br3N5O6. The standard InChI is InChI=1S/C23H22BrN3O3.C19H14Br2N2O3/c24-21-20(18-11-5-2-6-12-18)27(23(29)22(25-21)26-13-7-8-14-26)15-19(28)30-16-17-9-3-1-4-10-17;20-17-16(14-9-5-2-6-10-14)23(19(25)18(21)22-17)11-15(24)26-12-13-7-3-1-4-8-13/h1-6,9-12H,7-8,13-16H2;1-10H,11-12H2. The molecule has 0 radical (unpaired) electrons. The van der Waals surface area contributed by atoms with E-state index < -0.39 is 17.5 Å². The Labute approximate surface area is 348 Å². The van der Waals surface area contributed by atoms with Crippen molar-refractivity contribution in [2.45, 2.75) is 39.1 Å². The smallest absolute Gasteiger partial charge is 0.326 e. The largest absolute Gasteiger partial charge is 0.459 e. The molecule has 4 aromatic carbocycles. The molecule has 0 amide bonds. The van der Waals surface area contributed by atoms with Crippen LogP contribution in [-0.4, -0.2) is 44.1 Å². The van der Waals surface area contributed by atoms with Crippen LogP contribution in [0, 0.1) is 0 Å². The van der Waals surface area contributed by atoms with Crippen LogP contribution in [0.3, 0.4) is 0 Å². The molecule has 7 rings (SSSR count). The topological polar surface area (TPSA) is 126 Å². The van der Waals surface area contributed by atoms with Crippen molar-refractivity contribution in [1.82, 2.24) is 19.1 Å². The maximum atomic E-state index is 13.3. The summed E-state index contributed by atoms with van der Waals surface area (Å²) in [6.45, 7) is 1.51. The molecule has 1 saturated heterocycles. The molecule has 1 aliphatic heterocycles. The molecule has 0 atom stereocenters. The highest BCUT2D eigenvalue weighted by molar-refractivity contribution is 9.11. The van der Waals surface area contributed by atoms with E-state index in [1.807, 2.05) is 126 Å². The van der Waals surface area contributed by atoms with Crippen molar-refractivity contribution in [3.8, 4) is 22.5 Å². The molecule has 286 valence electrons. The van der Waals surface area contributed by atoms with Gasteiger partial charge >= 0.3 is 11.9 Å². The van der Waals surface area contributed by atoms with Crippen LogP contribution in [0.2, 0.25) is 0 Å². The van der Waals surface area contributed by atoms with Gasteiger partial charge in [-0.2, -0.15) is 0 Å². The van der Waals surface area contributed by atoms with Crippen molar-refractivity contribution < 1.29 is 19.1 Å². The molecule has 0 saturated carbocycles. The second kappa shape index (κ2) is 19.6. The Bertz CT molecular complexity index is 2390. The average Bonchev–Trinajstić information content (AvgIpc) is 3.76. The SMILES string of the molecule is O=C(Cn1c(-c2ccccc2)c(Br)nc(Br)c1=O)OCc1ccccc1.O=C(Cn1c(-c2ccccc2)c(Br)nc(N2CCCC2)c1=O)OCc1ccccc1. The van der Waals surface area contributed by atoms with E-state index >= 15 is 0 Å². The minimum Gasteiger partial charge on any atom is -0.459 e. The van der Waals surface area contributed by atoms with Crippen LogP contribution >= 0.6 is 47.8 Å². The monoisotopic (exact) mass is 943 g/mol. The lowest BCUT2D eigenvalue weighted by atomic mass is 10.1. The molecule has 11 nitrogen and oxygen atoms in total. The summed E-state index contributed by atoms with van der Waals surface area (Å²) in [5, 5.41) is 0. The number of rotatable bonds is 11. The lowest BCUT2D eigenvalue weighted by Gasteiger charge is -2.20. The fourth-order valence-electron chi connectivity index (χ4n) is 6.04. The predicted octanol–water partition coefficient (Wildman–Crippen LogP) is 8.20. The number of halogens is 3. The zero-order valence-corrected chi connectivity index (χ0v) is 34.8. The van der Waals surface area contributed by atoms with Crippen LogP contribution in [-0.2, 0) is 45.4 Å². The highest BCUT2D eigenvalue weighted by Crippen LogP contribution is 2.29. The van der Waals surface area contributed by atoms with E-state index in [4.69, 9.17) is 9.47 Å². The molecule has 2 aromatic heterocycles. The highest BCUT2D eigenvalue weighted by atomic mass is 79.9. The van der Waals surface area contributed by atoms with Crippen molar-refractivity contribution in [1.29, 1.82) is 0 Å². The number of anilines is 1. The number of hydrogen-bond donors (Lipinski definition) is 0. The Kier molecular flexibility index (Phi) is 14.2. The number of carbonyl (C=O) groups is 2.